The molecule has 0 bridgehead atoms. The highest BCUT2D eigenvalue weighted by molar-refractivity contribution is 5.78. The normalized spacial score (nSPS) is 18.8. The number of esters is 1. The molecule has 1 aromatic carbocycles. The van der Waals surface area contributed by atoms with Gasteiger partial charge in [0, 0.05) is 19.6 Å². The smallest absolute Gasteiger partial charge is 0.338 e. The molecule has 4 nitrogen and oxygen atoms in total. The van der Waals surface area contributed by atoms with E-state index in [0.29, 0.717) is 6.54 Å². The number of hydrogen-bond acceptors (Lipinski definition) is 4. The van der Waals surface area contributed by atoms with Crippen LogP contribution >= 0.6 is 0 Å². The number of rotatable bonds is 3. The predicted molar refractivity (Wildman–Crippen MR) is 68.1 cm³/mol. The zero-order chi connectivity index (χ0) is 13.2. The van der Waals surface area contributed by atoms with Crippen molar-refractivity contribution in [2.45, 2.75) is 25.5 Å². The number of fused-ring (bicyclic) bond motifs is 1. The maximum Gasteiger partial charge on any atom is 0.338 e. The lowest BCUT2D eigenvalue weighted by Crippen LogP contribution is -2.48. The van der Waals surface area contributed by atoms with Crippen molar-refractivity contribution in [3.8, 4) is 0 Å². The number of nitrogens with zero attached hydrogens (tertiary/aromatic N) is 1. The SMILES string of the molecule is COC(=O)C(C)(O)CN1CCc2ccccc2C1. The first-order valence-electron chi connectivity index (χ1n) is 6.13. The highest BCUT2D eigenvalue weighted by atomic mass is 16.5. The summed E-state index contributed by atoms with van der Waals surface area (Å²) in [5.74, 6) is -0.582. The molecular weight excluding hydrogens is 230 g/mol. The Morgan fingerprint density at radius 1 is 1.44 bits per heavy atom. The van der Waals surface area contributed by atoms with Crippen LogP contribution in [-0.2, 0) is 22.5 Å². The molecule has 1 aromatic rings. The van der Waals surface area contributed by atoms with E-state index in [-0.39, 0.29) is 0 Å². The fraction of sp³-hybridized carbons (Fsp3) is 0.500. The average Bonchev–Trinajstić information content (AvgIpc) is 2.37. The lowest BCUT2D eigenvalue weighted by molar-refractivity contribution is -0.162. The lowest BCUT2D eigenvalue weighted by atomic mass is 9.98. The van der Waals surface area contributed by atoms with Crippen molar-refractivity contribution in [1.82, 2.24) is 4.90 Å². The van der Waals surface area contributed by atoms with Crippen molar-refractivity contribution in [2.24, 2.45) is 0 Å². The molecule has 0 spiro atoms. The van der Waals surface area contributed by atoms with Crippen LogP contribution in [0.15, 0.2) is 24.3 Å². The van der Waals surface area contributed by atoms with Crippen molar-refractivity contribution in [3.05, 3.63) is 35.4 Å². The molecule has 1 aliphatic heterocycles. The number of β-amino-alcohol motifs (C(OH)–C–C–N with tert-alkyl or cyclic N) is 1. The number of carbonyl (C=O) groups excluding carboxylic acids is 1. The van der Waals surface area contributed by atoms with Gasteiger partial charge in [-0.15, -0.1) is 0 Å². The molecule has 1 N–H and O–H groups in total. The van der Waals surface area contributed by atoms with Crippen LogP contribution in [0.3, 0.4) is 0 Å². The minimum Gasteiger partial charge on any atom is -0.467 e. The van der Waals surface area contributed by atoms with Gasteiger partial charge in [0.15, 0.2) is 5.60 Å². The average molecular weight is 249 g/mol. The first-order valence-corrected chi connectivity index (χ1v) is 6.13. The fourth-order valence-electron chi connectivity index (χ4n) is 2.41. The van der Waals surface area contributed by atoms with Gasteiger partial charge in [0.25, 0.3) is 0 Å². The Bertz CT molecular complexity index is 442. The van der Waals surface area contributed by atoms with Crippen LogP contribution in [0.4, 0.5) is 0 Å². The van der Waals surface area contributed by atoms with Crippen molar-refractivity contribution in [3.63, 3.8) is 0 Å². The summed E-state index contributed by atoms with van der Waals surface area (Å²) in [6.07, 6.45) is 0.952. The van der Waals surface area contributed by atoms with Crippen molar-refractivity contribution in [2.75, 3.05) is 20.2 Å². The van der Waals surface area contributed by atoms with Crippen LogP contribution < -0.4 is 0 Å². The standard InChI is InChI=1S/C14H19NO3/c1-14(17,13(16)18-2)10-15-8-7-11-5-3-4-6-12(11)9-15/h3-6,17H,7-10H2,1-2H3. The first-order chi connectivity index (χ1) is 8.53. The summed E-state index contributed by atoms with van der Waals surface area (Å²) in [6, 6.07) is 8.28. The van der Waals surface area contributed by atoms with Gasteiger partial charge in [-0.1, -0.05) is 24.3 Å². The third kappa shape index (κ3) is 2.71. The Morgan fingerprint density at radius 3 is 2.78 bits per heavy atom. The molecular formula is C14H19NO3. The van der Waals surface area contributed by atoms with Crippen LogP contribution in [0.25, 0.3) is 0 Å². The Hall–Kier alpha value is -1.39. The van der Waals surface area contributed by atoms with E-state index in [1.807, 2.05) is 12.1 Å². The van der Waals surface area contributed by atoms with Gasteiger partial charge >= 0.3 is 5.97 Å². The summed E-state index contributed by atoms with van der Waals surface area (Å²) < 4.78 is 4.61. The van der Waals surface area contributed by atoms with E-state index in [4.69, 9.17) is 0 Å². The number of aliphatic hydroxyl groups is 1. The summed E-state index contributed by atoms with van der Waals surface area (Å²) in [6.45, 7) is 3.42. The van der Waals surface area contributed by atoms with E-state index in [1.54, 1.807) is 0 Å². The Kier molecular flexibility index (Phi) is 3.68. The summed E-state index contributed by atoms with van der Waals surface area (Å²) >= 11 is 0. The topological polar surface area (TPSA) is 49.8 Å². The molecule has 18 heavy (non-hydrogen) atoms. The molecule has 0 radical (unpaired) electrons. The largest absolute Gasteiger partial charge is 0.467 e. The van der Waals surface area contributed by atoms with Crippen LogP contribution in [-0.4, -0.2) is 41.8 Å². The zero-order valence-corrected chi connectivity index (χ0v) is 10.8. The van der Waals surface area contributed by atoms with Crippen LogP contribution in [0.5, 0.6) is 0 Å². The van der Waals surface area contributed by atoms with Gasteiger partial charge in [-0.25, -0.2) is 4.79 Å². The minimum absolute atomic E-state index is 0.300. The van der Waals surface area contributed by atoms with Crippen LogP contribution in [0.1, 0.15) is 18.1 Å². The lowest BCUT2D eigenvalue weighted by Gasteiger charge is -2.33. The van der Waals surface area contributed by atoms with Gasteiger partial charge < -0.3 is 9.84 Å². The molecule has 1 atom stereocenters. The van der Waals surface area contributed by atoms with Crippen molar-refractivity contribution < 1.29 is 14.6 Å². The molecule has 0 amide bonds. The van der Waals surface area contributed by atoms with E-state index in [2.05, 4.69) is 21.8 Å². The number of methoxy groups -OCH3 is 1. The highest BCUT2D eigenvalue weighted by Gasteiger charge is 2.34. The number of ether oxygens (including phenoxy) is 1. The highest BCUT2D eigenvalue weighted by Crippen LogP contribution is 2.20. The Morgan fingerprint density at radius 2 is 2.11 bits per heavy atom. The number of hydrogen-bond donors (Lipinski definition) is 1. The molecule has 1 unspecified atom stereocenters. The van der Waals surface area contributed by atoms with Gasteiger partial charge in [-0.3, -0.25) is 4.90 Å². The van der Waals surface area contributed by atoms with Gasteiger partial charge in [0.1, 0.15) is 0 Å². The summed E-state index contributed by atoms with van der Waals surface area (Å²) in [5.41, 5.74) is 1.18. The van der Waals surface area contributed by atoms with Gasteiger partial charge in [0.05, 0.1) is 7.11 Å². The first kappa shape index (κ1) is 13.1. The summed E-state index contributed by atoms with van der Waals surface area (Å²) in [4.78, 5) is 13.5. The molecule has 0 saturated heterocycles. The Balaban J connectivity index is 2.04. The van der Waals surface area contributed by atoms with Crippen molar-refractivity contribution >= 4 is 5.97 Å². The second-order valence-electron chi connectivity index (χ2n) is 4.99. The Labute approximate surface area is 107 Å². The van der Waals surface area contributed by atoms with E-state index in [1.165, 1.54) is 25.2 Å². The molecule has 0 aliphatic carbocycles. The second-order valence-corrected chi connectivity index (χ2v) is 4.99. The van der Waals surface area contributed by atoms with E-state index < -0.39 is 11.6 Å². The molecule has 98 valence electrons. The van der Waals surface area contributed by atoms with E-state index >= 15 is 0 Å². The van der Waals surface area contributed by atoms with Gasteiger partial charge in [-0.05, 0) is 24.5 Å². The molecule has 1 heterocycles. The van der Waals surface area contributed by atoms with Gasteiger partial charge in [0.2, 0.25) is 0 Å². The van der Waals surface area contributed by atoms with Crippen molar-refractivity contribution in [1.29, 1.82) is 0 Å². The maximum absolute atomic E-state index is 11.5. The minimum atomic E-state index is -1.44. The zero-order valence-electron chi connectivity index (χ0n) is 10.8. The molecule has 4 heteroatoms. The molecule has 0 aromatic heterocycles. The molecule has 0 saturated carbocycles. The molecule has 1 aliphatic rings. The predicted octanol–water partition coefficient (Wildman–Crippen LogP) is 0.969. The summed E-state index contributed by atoms with van der Waals surface area (Å²) in [7, 11) is 1.29. The number of carbonyl (C=O) groups is 1. The third-order valence-electron chi connectivity index (χ3n) is 3.37. The van der Waals surface area contributed by atoms with E-state index in [0.717, 1.165) is 19.5 Å². The summed E-state index contributed by atoms with van der Waals surface area (Å²) in [5, 5.41) is 10.1. The fourth-order valence-corrected chi connectivity index (χ4v) is 2.41. The molecule has 0 fully saturated rings. The monoisotopic (exact) mass is 249 g/mol. The molecule has 2 rings (SSSR count). The van der Waals surface area contributed by atoms with Gasteiger partial charge in [-0.2, -0.15) is 0 Å². The maximum atomic E-state index is 11.5. The quantitative estimate of drug-likeness (QED) is 0.811. The van der Waals surface area contributed by atoms with Crippen LogP contribution in [0.2, 0.25) is 0 Å². The van der Waals surface area contributed by atoms with Crippen LogP contribution in [0, 0.1) is 0 Å². The van der Waals surface area contributed by atoms with E-state index in [9.17, 15) is 9.90 Å². The third-order valence-corrected chi connectivity index (χ3v) is 3.37. The number of benzene rings is 1. The second kappa shape index (κ2) is 5.08.